The highest BCUT2D eigenvalue weighted by Crippen LogP contribution is 2.42. The number of allylic oxidation sites excluding steroid dienone is 3. The number of benzene rings is 1. The number of hydrogen-bond donors (Lipinski definition) is 1. The molecular formula is C25H31NO8. The van der Waals surface area contributed by atoms with E-state index in [1.165, 1.54) is 26.4 Å². The summed E-state index contributed by atoms with van der Waals surface area (Å²) in [5, 5.41) is 2.36. The molecule has 1 aliphatic carbocycles. The first kappa shape index (κ1) is 26.6. The molecule has 2 rings (SSSR count). The third-order valence-electron chi connectivity index (χ3n) is 4.71. The summed E-state index contributed by atoms with van der Waals surface area (Å²) in [6.07, 6.45) is 2.82. The lowest BCUT2D eigenvalue weighted by atomic mass is 9.88. The Kier molecular flexibility index (Phi) is 8.62. The van der Waals surface area contributed by atoms with E-state index in [2.05, 4.69) is 5.32 Å². The molecule has 1 atom stereocenters. The van der Waals surface area contributed by atoms with Crippen molar-refractivity contribution in [3.05, 3.63) is 46.6 Å². The Balaban J connectivity index is 2.43. The van der Waals surface area contributed by atoms with Gasteiger partial charge in [0.15, 0.2) is 11.6 Å². The Bertz CT molecular complexity index is 1040. The van der Waals surface area contributed by atoms with E-state index in [0.717, 1.165) is 11.6 Å². The van der Waals surface area contributed by atoms with E-state index in [1.54, 1.807) is 20.8 Å². The molecule has 0 heterocycles. The molecule has 1 amide bonds. The maximum Gasteiger partial charge on any atom is 0.408 e. The number of fused-ring (bicyclic) bond motifs is 1. The molecule has 0 radical (unpaired) electrons. The summed E-state index contributed by atoms with van der Waals surface area (Å²) < 4.78 is 21.7. The van der Waals surface area contributed by atoms with Crippen molar-refractivity contribution >= 4 is 23.6 Å². The lowest BCUT2D eigenvalue weighted by Gasteiger charge is -2.25. The van der Waals surface area contributed by atoms with Crippen LogP contribution in [0.4, 0.5) is 4.79 Å². The fraction of sp³-hybridized carbons (Fsp3) is 0.440. The number of rotatable bonds is 8. The quantitative estimate of drug-likeness (QED) is 0.443. The SMILES string of the molecule is COc1cc(C(CC=C(C)C)OC(=O)CNC(=O)OC(C)(C)C)c(OC)c2c1C(=O)C=CC2=O. The molecular weight excluding hydrogens is 442 g/mol. The molecule has 184 valence electrons. The van der Waals surface area contributed by atoms with E-state index in [4.69, 9.17) is 18.9 Å². The van der Waals surface area contributed by atoms with E-state index < -0.39 is 41.9 Å². The molecule has 1 aromatic carbocycles. The van der Waals surface area contributed by atoms with Crippen LogP contribution >= 0.6 is 0 Å². The molecule has 0 spiro atoms. The van der Waals surface area contributed by atoms with Crippen molar-refractivity contribution in [2.45, 2.75) is 52.7 Å². The van der Waals surface area contributed by atoms with Crippen molar-refractivity contribution in [3.8, 4) is 11.5 Å². The summed E-state index contributed by atoms with van der Waals surface area (Å²) in [5.74, 6) is -1.25. The summed E-state index contributed by atoms with van der Waals surface area (Å²) >= 11 is 0. The summed E-state index contributed by atoms with van der Waals surface area (Å²) in [4.78, 5) is 49.6. The van der Waals surface area contributed by atoms with Crippen LogP contribution in [0.25, 0.3) is 0 Å². The van der Waals surface area contributed by atoms with Crippen LogP contribution < -0.4 is 14.8 Å². The standard InChI is InChI=1S/C25H31NO8/c1-14(2)8-11-18(33-20(29)13-26-24(30)34-25(3,4)5)15-12-19(31-6)21-16(27)9-10-17(28)22(21)23(15)32-7/h8-10,12,18H,11,13H2,1-7H3,(H,26,30). The van der Waals surface area contributed by atoms with Gasteiger partial charge in [-0.2, -0.15) is 0 Å². The molecule has 34 heavy (non-hydrogen) atoms. The Morgan fingerprint density at radius 1 is 1.03 bits per heavy atom. The first-order valence-electron chi connectivity index (χ1n) is 10.7. The van der Waals surface area contributed by atoms with Gasteiger partial charge in [0.05, 0.1) is 25.3 Å². The molecule has 0 bridgehead atoms. The van der Waals surface area contributed by atoms with E-state index >= 15 is 0 Å². The van der Waals surface area contributed by atoms with Crippen molar-refractivity contribution in [2.24, 2.45) is 0 Å². The zero-order valence-corrected chi connectivity index (χ0v) is 20.6. The molecule has 0 saturated carbocycles. The zero-order chi connectivity index (χ0) is 25.6. The first-order valence-corrected chi connectivity index (χ1v) is 10.7. The Hall–Kier alpha value is -3.62. The van der Waals surface area contributed by atoms with Gasteiger partial charge in [0, 0.05) is 12.0 Å². The van der Waals surface area contributed by atoms with Crippen LogP contribution in [0.1, 0.15) is 73.4 Å². The molecule has 0 aromatic heterocycles. The molecule has 0 saturated heterocycles. The average molecular weight is 474 g/mol. The largest absolute Gasteiger partial charge is 0.496 e. The molecule has 0 aliphatic heterocycles. The molecule has 9 heteroatoms. The van der Waals surface area contributed by atoms with Gasteiger partial charge in [-0.1, -0.05) is 11.6 Å². The Morgan fingerprint density at radius 3 is 2.18 bits per heavy atom. The molecule has 9 nitrogen and oxygen atoms in total. The second kappa shape index (κ2) is 11.0. The van der Waals surface area contributed by atoms with Crippen LogP contribution in [0.2, 0.25) is 0 Å². The molecule has 1 N–H and O–H groups in total. The van der Waals surface area contributed by atoms with E-state index in [1.807, 2.05) is 19.9 Å². The van der Waals surface area contributed by atoms with Gasteiger partial charge in [0.2, 0.25) is 0 Å². The first-order chi connectivity index (χ1) is 15.9. The number of nitrogens with one attached hydrogen (secondary N) is 1. The van der Waals surface area contributed by atoms with Gasteiger partial charge in [-0.25, -0.2) is 4.79 Å². The number of ketones is 2. The van der Waals surface area contributed by atoms with Gasteiger partial charge >= 0.3 is 12.1 Å². The maximum absolute atomic E-state index is 12.7. The minimum atomic E-state index is -0.884. The van der Waals surface area contributed by atoms with Crippen LogP contribution in [-0.2, 0) is 14.3 Å². The number of hydrogen-bond acceptors (Lipinski definition) is 8. The third-order valence-corrected chi connectivity index (χ3v) is 4.71. The van der Waals surface area contributed by atoms with Crippen molar-refractivity contribution in [3.63, 3.8) is 0 Å². The Morgan fingerprint density at radius 2 is 1.65 bits per heavy atom. The lowest BCUT2D eigenvalue weighted by molar-refractivity contribution is -0.148. The fourth-order valence-electron chi connectivity index (χ4n) is 3.32. The van der Waals surface area contributed by atoms with Crippen molar-refractivity contribution < 1.29 is 38.1 Å². The Labute approximate surface area is 199 Å². The normalized spacial score (nSPS) is 13.5. The molecule has 1 aliphatic rings. The second-order valence-electron chi connectivity index (χ2n) is 8.86. The number of esters is 1. The molecule has 1 aromatic rings. The van der Waals surface area contributed by atoms with E-state index in [0.29, 0.717) is 5.56 Å². The topological polar surface area (TPSA) is 117 Å². The van der Waals surface area contributed by atoms with Gasteiger partial charge < -0.3 is 24.3 Å². The molecule has 0 fully saturated rings. The smallest absolute Gasteiger partial charge is 0.408 e. The van der Waals surface area contributed by atoms with Crippen molar-refractivity contribution in [1.29, 1.82) is 0 Å². The number of alkyl carbamates (subject to hydrolysis) is 1. The van der Waals surface area contributed by atoms with Crippen LogP contribution in [0, 0.1) is 0 Å². The summed E-state index contributed by atoms with van der Waals surface area (Å²) in [6.45, 7) is 8.47. The number of methoxy groups -OCH3 is 2. The highest BCUT2D eigenvalue weighted by Gasteiger charge is 2.33. The third kappa shape index (κ3) is 6.69. The average Bonchev–Trinajstić information content (AvgIpc) is 2.75. The number of carbonyl (C=O) groups excluding carboxylic acids is 4. The van der Waals surface area contributed by atoms with Gasteiger partial charge in [0.1, 0.15) is 29.7 Å². The summed E-state index contributed by atoms with van der Waals surface area (Å²) in [6, 6.07) is 1.53. The molecule has 1 unspecified atom stereocenters. The van der Waals surface area contributed by atoms with Crippen LogP contribution in [0.15, 0.2) is 29.9 Å². The van der Waals surface area contributed by atoms with Gasteiger partial charge in [-0.15, -0.1) is 0 Å². The highest BCUT2D eigenvalue weighted by atomic mass is 16.6. The lowest BCUT2D eigenvalue weighted by Crippen LogP contribution is -2.36. The second-order valence-corrected chi connectivity index (χ2v) is 8.86. The number of amides is 1. The van der Waals surface area contributed by atoms with Gasteiger partial charge in [-0.05, 0) is 52.8 Å². The summed E-state index contributed by atoms with van der Waals surface area (Å²) in [7, 11) is 2.75. The van der Waals surface area contributed by atoms with Gasteiger partial charge in [0.25, 0.3) is 0 Å². The van der Waals surface area contributed by atoms with E-state index in [-0.39, 0.29) is 29.0 Å². The van der Waals surface area contributed by atoms with Crippen LogP contribution in [0.3, 0.4) is 0 Å². The number of ether oxygens (including phenoxy) is 4. The minimum absolute atomic E-state index is 0.0504. The summed E-state index contributed by atoms with van der Waals surface area (Å²) in [5.41, 5.74) is 0.762. The van der Waals surface area contributed by atoms with Crippen LogP contribution in [0.5, 0.6) is 11.5 Å². The van der Waals surface area contributed by atoms with Crippen LogP contribution in [-0.4, -0.2) is 50.0 Å². The fourth-order valence-corrected chi connectivity index (χ4v) is 3.32. The van der Waals surface area contributed by atoms with Gasteiger partial charge in [-0.3, -0.25) is 14.4 Å². The minimum Gasteiger partial charge on any atom is -0.496 e. The number of carbonyl (C=O) groups is 4. The van der Waals surface area contributed by atoms with E-state index in [9.17, 15) is 19.2 Å². The maximum atomic E-state index is 12.7. The highest BCUT2D eigenvalue weighted by molar-refractivity contribution is 6.24. The monoisotopic (exact) mass is 473 g/mol. The van der Waals surface area contributed by atoms with Crippen molar-refractivity contribution in [2.75, 3.05) is 20.8 Å². The zero-order valence-electron chi connectivity index (χ0n) is 20.6. The van der Waals surface area contributed by atoms with Crippen molar-refractivity contribution in [1.82, 2.24) is 5.32 Å². The predicted molar refractivity (Wildman–Crippen MR) is 124 cm³/mol. The predicted octanol–water partition coefficient (Wildman–Crippen LogP) is 4.10.